The largest absolute Gasteiger partial charge is 0.354 e. The molecule has 1 saturated heterocycles. The quantitative estimate of drug-likeness (QED) is 0.771. The van der Waals surface area contributed by atoms with Gasteiger partial charge in [-0.05, 0) is 52.6 Å². The van der Waals surface area contributed by atoms with Gasteiger partial charge in [-0.25, -0.2) is 0 Å². The van der Waals surface area contributed by atoms with Gasteiger partial charge in [0.25, 0.3) is 0 Å². The Morgan fingerprint density at radius 2 is 2.00 bits per heavy atom. The standard InChI is InChI=1S/C13H27N3O/c1-10(15-11(2)17)12-5-7-16(8-6-12)9-13(3,4)14/h10,12H,5-9,14H2,1-4H3,(H,15,17). The van der Waals surface area contributed by atoms with E-state index in [9.17, 15) is 4.79 Å². The van der Waals surface area contributed by atoms with Crippen LogP contribution in [0, 0.1) is 5.92 Å². The molecule has 0 aromatic carbocycles. The Labute approximate surface area is 105 Å². The summed E-state index contributed by atoms with van der Waals surface area (Å²) in [4.78, 5) is 13.4. The minimum absolute atomic E-state index is 0.0722. The Morgan fingerprint density at radius 1 is 1.47 bits per heavy atom. The van der Waals surface area contributed by atoms with Crippen molar-refractivity contribution in [2.45, 2.75) is 52.1 Å². The highest BCUT2D eigenvalue weighted by Gasteiger charge is 2.26. The zero-order valence-electron chi connectivity index (χ0n) is 11.6. The van der Waals surface area contributed by atoms with Crippen LogP contribution in [-0.4, -0.2) is 42.0 Å². The highest BCUT2D eigenvalue weighted by molar-refractivity contribution is 5.73. The van der Waals surface area contributed by atoms with Crippen molar-refractivity contribution in [3.63, 3.8) is 0 Å². The van der Waals surface area contributed by atoms with E-state index in [1.54, 1.807) is 6.92 Å². The lowest BCUT2D eigenvalue weighted by atomic mass is 9.89. The molecule has 1 aliphatic rings. The van der Waals surface area contributed by atoms with Crippen LogP contribution in [-0.2, 0) is 4.79 Å². The molecule has 0 bridgehead atoms. The van der Waals surface area contributed by atoms with Crippen LogP contribution in [0.25, 0.3) is 0 Å². The first kappa shape index (κ1) is 14.5. The van der Waals surface area contributed by atoms with Crippen LogP contribution in [0.2, 0.25) is 0 Å². The topological polar surface area (TPSA) is 58.4 Å². The first-order chi connectivity index (χ1) is 7.78. The van der Waals surface area contributed by atoms with Crippen molar-refractivity contribution in [2.75, 3.05) is 19.6 Å². The van der Waals surface area contributed by atoms with E-state index in [1.807, 2.05) is 0 Å². The highest BCUT2D eigenvalue weighted by atomic mass is 16.1. The van der Waals surface area contributed by atoms with E-state index in [0.29, 0.717) is 12.0 Å². The smallest absolute Gasteiger partial charge is 0.217 e. The molecule has 1 heterocycles. The maximum Gasteiger partial charge on any atom is 0.217 e. The zero-order chi connectivity index (χ0) is 13.1. The number of hydrogen-bond acceptors (Lipinski definition) is 3. The first-order valence-corrected chi connectivity index (χ1v) is 6.56. The van der Waals surface area contributed by atoms with Gasteiger partial charge < -0.3 is 16.0 Å². The maximum atomic E-state index is 11.0. The third-order valence-electron chi connectivity index (χ3n) is 3.40. The summed E-state index contributed by atoms with van der Waals surface area (Å²) in [7, 11) is 0. The maximum absolute atomic E-state index is 11.0. The van der Waals surface area contributed by atoms with Crippen LogP contribution < -0.4 is 11.1 Å². The molecule has 1 aliphatic heterocycles. The van der Waals surface area contributed by atoms with Gasteiger partial charge in [0, 0.05) is 25.0 Å². The zero-order valence-corrected chi connectivity index (χ0v) is 11.6. The van der Waals surface area contributed by atoms with Gasteiger partial charge in [-0.2, -0.15) is 0 Å². The molecule has 0 aliphatic carbocycles. The van der Waals surface area contributed by atoms with Crippen molar-refractivity contribution in [1.82, 2.24) is 10.2 Å². The number of amides is 1. The summed E-state index contributed by atoms with van der Waals surface area (Å²) in [6.07, 6.45) is 2.30. The monoisotopic (exact) mass is 241 g/mol. The van der Waals surface area contributed by atoms with Gasteiger partial charge in [0.2, 0.25) is 5.91 Å². The van der Waals surface area contributed by atoms with Crippen molar-refractivity contribution < 1.29 is 4.79 Å². The summed E-state index contributed by atoms with van der Waals surface area (Å²) < 4.78 is 0. The van der Waals surface area contributed by atoms with Gasteiger partial charge in [0.1, 0.15) is 0 Å². The van der Waals surface area contributed by atoms with E-state index in [0.717, 1.165) is 32.5 Å². The summed E-state index contributed by atoms with van der Waals surface area (Å²) in [6.45, 7) is 11.0. The Kier molecular flexibility index (Phi) is 4.95. The Hall–Kier alpha value is -0.610. The molecule has 100 valence electrons. The van der Waals surface area contributed by atoms with Crippen molar-refractivity contribution in [3.05, 3.63) is 0 Å². The number of hydrogen-bond donors (Lipinski definition) is 2. The van der Waals surface area contributed by atoms with Gasteiger partial charge in [-0.15, -0.1) is 0 Å². The molecule has 1 rings (SSSR count). The number of carbonyl (C=O) groups excluding carboxylic acids is 1. The van der Waals surface area contributed by atoms with Crippen molar-refractivity contribution in [2.24, 2.45) is 11.7 Å². The lowest BCUT2D eigenvalue weighted by Gasteiger charge is -2.37. The molecule has 1 fully saturated rings. The van der Waals surface area contributed by atoms with Gasteiger partial charge in [0.15, 0.2) is 0 Å². The molecule has 1 unspecified atom stereocenters. The summed E-state index contributed by atoms with van der Waals surface area (Å²) in [5, 5.41) is 2.99. The predicted molar refractivity (Wildman–Crippen MR) is 70.7 cm³/mol. The molecule has 0 saturated carbocycles. The third kappa shape index (κ3) is 5.50. The summed E-state index contributed by atoms with van der Waals surface area (Å²) in [6, 6.07) is 0.292. The summed E-state index contributed by atoms with van der Waals surface area (Å²) in [5.74, 6) is 0.680. The van der Waals surface area contributed by atoms with Gasteiger partial charge >= 0.3 is 0 Å². The number of piperidine rings is 1. The highest BCUT2D eigenvalue weighted by Crippen LogP contribution is 2.21. The van der Waals surface area contributed by atoms with Crippen LogP contribution in [0.5, 0.6) is 0 Å². The molecule has 4 heteroatoms. The third-order valence-corrected chi connectivity index (χ3v) is 3.40. The number of nitrogens with zero attached hydrogens (tertiary/aromatic N) is 1. The van der Waals surface area contributed by atoms with Crippen molar-refractivity contribution >= 4 is 5.91 Å². The van der Waals surface area contributed by atoms with E-state index < -0.39 is 0 Å². The lowest BCUT2D eigenvalue weighted by Crippen LogP contribution is -2.49. The van der Waals surface area contributed by atoms with Crippen LogP contribution in [0.1, 0.15) is 40.5 Å². The molecule has 17 heavy (non-hydrogen) atoms. The first-order valence-electron chi connectivity index (χ1n) is 6.56. The van der Waals surface area contributed by atoms with Crippen LogP contribution >= 0.6 is 0 Å². The molecule has 4 nitrogen and oxygen atoms in total. The van der Waals surface area contributed by atoms with Crippen LogP contribution in [0.3, 0.4) is 0 Å². The number of nitrogens with two attached hydrogens (primary N) is 1. The molecule has 0 aromatic heterocycles. The molecule has 0 radical (unpaired) electrons. The van der Waals surface area contributed by atoms with Gasteiger partial charge in [0.05, 0.1) is 0 Å². The van der Waals surface area contributed by atoms with E-state index in [-0.39, 0.29) is 11.4 Å². The summed E-state index contributed by atoms with van der Waals surface area (Å²) in [5.41, 5.74) is 5.91. The van der Waals surface area contributed by atoms with E-state index in [2.05, 4.69) is 31.0 Å². The fourth-order valence-electron chi connectivity index (χ4n) is 2.63. The van der Waals surface area contributed by atoms with Crippen molar-refractivity contribution in [3.8, 4) is 0 Å². The number of nitrogens with one attached hydrogen (secondary N) is 1. The normalized spacial score (nSPS) is 21.2. The van der Waals surface area contributed by atoms with E-state index >= 15 is 0 Å². The molecule has 1 atom stereocenters. The van der Waals surface area contributed by atoms with Crippen LogP contribution in [0.4, 0.5) is 0 Å². The number of rotatable bonds is 4. The molecular formula is C13H27N3O. The van der Waals surface area contributed by atoms with Gasteiger partial charge in [-0.3, -0.25) is 4.79 Å². The fraction of sp³-hybridized carbons (Fsp3) is 0.923. The van der Waals surface area contributed by atoms with E-state index in [4.69, 9.17) is 5.73 Å². The number of carbonyl (C=O) groups is 1. The molecule has 0 aromatic rings. The summed E-state index contributed by atoms with van der Waals surface area (Å²) >= 11 is 0. The Morgan fingerprint density at radius 3 is 2.41 bits per heavy atom. The number of likely N-dealkylation sites (tertiary alicyclic amines) is 1. The molecule has 0 spiro atoms. The van der Waals surface area contributed by atoms with Crippen LogP contribution in [0.15, 0.2) is 0 Å². The minimum atomic E-state index is -0.115. The van der Waals surface area contributed by atoms with Gasteiger partial charge in [-0.1, -0.05) is 0 Å². The average molecular weight is 241 g/mol. The SMILES string of the molecule is CC(=O)NC(C)C1CCN(CC(C)(C)N)CC1. The average Bonchev–Trinajstić information content (AvgIpc) is 2.15. The fourth-order valence-corrected chi connectivity index (χ4v) is 2.63. The lowest BCUT2D eigenvalue weighted by molar-refractivity contribution is -0.120. The molecule has 3 N–H and O–H groups in total. The van der Waals surface area contributed by atoms with E-state index in [1.165, 1.54) is 0 Å². The Balaban J connectivity index is 2.33. The molecular weight excluding hydrogens is 214 g/mol. The van der Waals surface area contributed by atoms with Crippen molar-refractivity contribution in [1.29, 1.82) is 0 Å². The molecule has 1 amide bonds. The predicted octanol–water partition coefficient (Wildman–Crippen LogP) is 0.960. The Bertz CT molecular complexity index is 252. The second-order valence-electron chi connectivity index (χ2n) is 6.09. The second-order valence-corrected chi connectivity index (χ2v) is 6.09. The minimum Gasteiger partial charge on any atom is -0.354 e. The second kappa shape index (κ2) is 5.83.